The van der Waals surface area contributed by atoms with Crippen molar-refractivity contribution in [3.05, 3.63) is 30.1 Å². The zero-order valence-electron chi connectivity index (χ0n) is 14.4. The number of anilines is 1. The molecule has 0 radical (unpaired) electrons. The summed E-state index contributed by atoms with van der Waals surface area (Å²) in [6.07, 6.45) is 1.93. The minimum atomic E-state index is -0.390. The molecule has 0 atom stereocenters. The van der Waals surface area contributed by atoms with Crippen LogP contribution in [0.25, 0.3) is 0 Å². The largest absolute Gasteiger partial charge is 0.382 e. The predicted molar refractivity (Wildman–Crippen MR) is 94.7 cm³/mol. The fraction of sp³-hybridized carbons (Fsp3) is 0.529. The molecule has 0 spiro atoms. The molecular formula is C17H27FN4O2. The summed E-state index contributed by atoms with van der Waals surface area (Å²) in [4.78, 5) is 16.1. The molecule has 1 aromatic rings. The highest BCUT2D eigenvalue weighted by Crippen LogP contribution is 2.08. The van der Waals surface area contributed by atoms with Crippen molar-refractivity contribution in [1.29, 1.82) is 0 Å². The van der Waals surface area contributed by atoms with E-state index in [9.17, 15) is 9.18 Å². The van der Waals surface area contributed by atoms with E-state index >= 15 is 0 Å². The molecule has 0 saturated carbocycles. The van der Waals surface area contributed by atoms with Crippen LogP contribution in [0, 0.1) is 5.82 Å². The zero-order chi connectivity index (χ0) is 17.6. The minimum Gasteiger partial charge on any atom is -0.382 e. The second kappa shape index (κ2) is 12.3. The predicted octanol–water partition coefficient (Wildman–Crippen LogP) is 2.14. The van der Waals surface area contributed by atoms with Crippen LogP contribution >= 0.6 is 0 Å². The maximum absolute atomic E-state index is 13.1. The van der Waals surface area contributed by atoms with Gasteiger partial charge in [-0.1, -0.05) is 6.07 Å². The van der Waals surface area contributed by atoms with Crippen molar-refractivity contribution in [3.63, 3.8) is 0 Å². The average Bonchev–Trinajstić information content (AvgIpc) is 2.55. The van der Waals surface area contributed by atoms with E-state index in [1.165, 1.54) is 12.1 Å². The van der Waals surface area contributed by atoms with E-state index < -0.39 is 5.82 Å². The highest BCUT2D eigenvalue weighted by Gasteiger charge is 2.03. The van der Waals surface area contributed by atoms with Gasteiger partial charge in [0.2, 0.25) is 5.91 Å². The molecule has 1 rings (SSSR count). The lowest BCUT2D eigenvalue weighted by atomic mass is 10.3. The average molecular weight is 338 g/mol. The van der Waals surface area contributed by atoms with Gasteiger partial charge in [-0.3, -0.25) is 4.79 Å². The molecule has 24 heavy (non-hydrogen) atoms. The molecule has 0 fully saturated rings. The maximum Gasteiger partial charge on any atom is 0.246 e. The lowest BCUT2D eigenvalue weighted by molar-refractivity contribution is -0.114. The summed E-state index contributed by atoms with van der Waals surface area (Å²) in [6, 6.07) is 5.77. The molecule has 0 unspecified atom stereocenters. The number of aliphatic imine (C=N–C) groups is 1. The van der Waals surface area contributed by atoms with Gasteiger partial charge >= 0.3 is 0 Å². The smallest absolute Gasteiger partial charge is 0.246 e. The van der Waals surface area contributed by atoms with Crippen LogP contribution in [-0.4, -0.2) is 44.7 Å². The quantitative estimate of drug-likeness (QED) is 0.347. The molecule has 7 heteroatoms. The van der Waals surface area contributed by atoms with Gasteiger partial charge < -0.3 is 20.7 Å². The second-order valence-corrected chi connectivity index (χ2v) is 5.08. The van der Waals surface area contributed by atoms with Crippen LogP contribution in [-0.2, 0) is 9.53 Å². The number of benzene rings is 1. The van der Waals surface area contributed by atoms with Crippen molar-refractivity contribution in [3.8, 4) is 0 Å². The monoisotopic (exact) mass is 338 g/mol. The van der Waals surface area contributed by atoms with Crippen molar-refractivity contribution in [2.75, 3.05) is 38.2 Å². The number of hydrogen-bond donors (Lipinski definition) is 3. The summed E-state index contributed by atoms with van der Waals surface area (Å²) >= 11 is 0. The van der Waals surface area contributed by atoms with Crippen LogP contribution in [0.5, 0.6) is 0 Å². The molecule has 0 saturated heterocycles. The molecule has 6 nitrogen and oxygen atoms in total. The van der Waals surface area contributed by atoms with Crippen molar-refractivity contribution >= 4 is 17.6 Å². The van der Waals surface area contributed by atoms with Crippen molar-refractivity contribution < 1.29 is 13.9 Å². The third kappa shape index (κ3) is 9.09. The first-order valence-electron chi connectivity index (χ1n) is 8.31. The molecule has 1 aromatic carbocycles. The van der Waals surface area contributed by atoms with Gasteiger partial charge in [0, 0.05) is 32.0 Å². The van der Waals surface area contributed by atoms with Crippen LogP contribution < -0.4 is 16.0 Å². The Morgan fingerprint density at radius 2 is 2.08 bits per heavy atom. The molecule has 0 aliphatic carbocycles. The number of rotatable bonds is 10. The number of hydrogen-bond acceptors (Lipinski definition) is 3. The molecule has 0 aliphatic rings. The number of nitrogens with one attached hydrogen (secondary N) is 3. The molecular weight excluding hydrogens is 311 g/mol. The Balaban J connectivity index is 2.36. The second-order valence-electron chi connectivity index (χ2n) is 5.08. The fourth-order valence-electron chi connectivity index (χ4n) is 1.94. The Kier molecular flexibility index (Phi) is 10.2. The van der Waals surface area contributed by atoms with E-state index in [2.05, 4.69) is 20.9 Å². The van der Waals surface area contributed by atoms with Gasteiger partial charge in [-0.15, -0.1) is 0 Å². The standard InChI is InChI=1S/C17H27FN4O2/c1-3-19-17(20-10-5-6-11-24-4-2)21-13-16(23)22-15-9-7-8-14(18)12-15/h7-9,12H,3-6,10-11,13H2,1-2H3,(H,22,23)(H2,19,20,21). The summed E-state index contributed by atoms with van der Waals surface area (Å²) in [5.74, 6) is -0.101. The van der Waals surface area contributed by atoms with Crippen molar-refractivity contribution in [1.82, 2.24) is 10.6 Å². The Morgan fingerprint density at radius 3 is 2.79 bits per heavy atom. The van der Waals surface area contributed by atoms with Crippen molar-refractivity contribution in [2.45, 2.75) is 26.7 Å². The van der Waals surface area contributed by atoms with Gasteiger partial charge in [-0.05, 0) is 44.9 Å². The normalized spacial score (nSPS) is 11.2. The van der Waals surface area contributed by atoms with Gasteiger partial charge in [0.1, 0.15) is 12.4 Å². The van der Waals surface area contributed by atoms with Gasteiger partial charge in [0.25, 0.3) is 0 Å². The first-order valence-corrected chi connectivity index (χ1v) is 8.31. The SMILES string of the molecule is CCNC(=NCC(=O)Nc1cccc(F)c1)NCCCCOCC. The number of ether oxygens (including phenoxy) is 1. The lowest BCUT2D eigenvalue weighted by Crippen LogP contribution is -2.38. The Hall–Kier alpha value is -2.15. The van der Waals surface area contributed by atoms with E-state index in [4.69, 9.17) is 4.74 Å². The summed E-state index contributed by atoms with van der Waals surface area (Å²) in [6.45, 7) is 6.84. The number of unbranched alkanes of at least 4 members (excludes halogenated alkanes) is 1. The first kappa shape index (κ1) is 19.9. The first-order chi connectivity index (χ1) is 11.7. The van der Waals surface area contributed by atoms with Crippen LogP contribution in [0.4, 0.5) is 10.1 Å². The number of halogens is 1. The number of amides is 1. The highest BCUT2D eigenvalue weighted by atomic mass is 19.1. The van der Waals surface area contributed by atoms with E-state index in [-0.39, 0.29) is 12.5 Å². The highest BCUT2D eigenvalue weighted by molar-refractivity contribution is 5.94. The Bertz CT molecular complexity index is 523. The van der Waals surface area contributed by atoms with Crippen LogP contribution in [0.15, 0.2) is 29.3 Å². The van der Waals surface area contributed by atoms with Crippen LogP contribution in [0.2, 0.25) is 0 Å². The van der Waals surface area contributed by atoms with Gasteiger partial charge in [-0.25, -0.2) is 9.38 Å². The summed E-state index contributed by atoms with van der Waals surface area (Å²) in [5.41, 5.74) is 0.420. The van der Waals surface area contributed by atoms with E-state index in [0.717, 1.165) is 32.6 Å². The van der Waals surface area contributed by atoms with Gasteiger partial charge in [0.05, 0.1) is 0 Å². The van der Waals surface area contributed by atoms with E-state index in [1.54, 1.807) is 12.1 Å². The Labute approximate surface area is 142 Å². The maximum atomic E-state index is 13.1. The minimum absolute atomic E-state index is 0.0369. The molecule has 0 bridgehead atoms. The fourth-order valence-corrected chi connectivity index (χ4v) is 1.94. The molecule has 1 amide bonds. The van der Waals surface area contributed by atoms with Gasteiger partial charge in [-0.2, -0.15) is 0 Å². The third-order valence-corrected chi connectivity index (χ3v) is 3.05. The molecule has 0 aromatic heterocycles. The number of guanidine groups is 1. The lowest BCUT2D eigenvalue weighted by Gasteiger charge is -2.11. The number of carbonyl (C=O) groups excluding carboxylic acids is 1. The van der Waals surface area contributed by atoms with Crippen LogP contribution in [0.3, 0.4) is 0 Å². The number of nitrogens with zero attached hydrogens (tertiary/aromatic N) is 1. The molecule has 0 heterocycles. The number of carbonyl (C=O) groups is 1. The molecule has 134 valence electrons. The summed E-state index contributed by atoms with van der Waals surface area (Å²) in [5, 5.41) is 8.86. The molecule has 3 N–H and O–H groups in total. The van der Waals surface area contributed by atoms with Crippen LogP contribution in [0.1, 0.15) is 26.7 Å². The summed E-state index contributed by atoms with van der Waals surface area (Å²) < 4.78 is 18.4. The third-order valence-electron chi connectivity index (χ3n) is 3.05. The Morgan fingerprint density at radius 1 is 1.25 bits per heavy atom. The van der Waals surface area contributed by atoms with E-state index in [1.807, 2.05) is 13.8 Å². The van der Waals surface area contributed by atoms with Crippen molar-refractivity contribution in [2.24, 2.45) is 4.99 Å². The summed E-state index contributed by atoms with van der Waals surface area (Å²) in [7, 11) is 0. The van der Waals surface area contributed by atoms with Gasteiger partial charge in [0.15, 0.2) is 5.96 Å². The zero-order valence-corrected chi connectivity index (χ0v) is 14.4. The van der Waals surface area contributed by atoms with E-state index in [0.29, 0.717) is 18.2 Å². The molecule has 0 aliphatic heterocycles. The topological polar surface area (TPSA) is 74.8 Å².